The van der Waals surface area contributed by atoms with Crippen LogP contribution >= 0.6 is 0 Å². The van der Waals surface area contributed by atoms with Crippen LogP contribution < -0.4 is 10.6 Å². The Labute approximate surface area is 182 Å². The molecule has 8 heteroatoms. The number of benzene rings is 1. The van der Waals surface area contributed by atoms with Gasteiger partial charge in [-0.1, -0.05) is 24.3 Å². The molecule has 0 saturated carbocycles. The zero-order chi connectivity index (χ0) is 22.0. The van der Waals surface area contributed by atoms with E-state index in [-0.39, 0.29) is 43.0 Å². The SMILES string of the molecule is CC(C)n1ccc(CC(=O)N[C@@H]2Cc3ccccc3[C@H]2NC(=O)C2(CO)CCCO2)n1. The number of hydrogen-bond acceptors (Lipinski definition) is 5. The average Bonchev–Trinajstić information content (AvgIpc) is 3.48. The standard InChI is InChI=1S/C23H30N4O4/c1-15(2)27-10-8-17(26-27)13-20(29)24-19-12-16-6-3-4-7-18(16)21(19)25-22(30)23(14-28)9-5-11-31-23/h3-4,6-8,10,15,19,21,28H,5,9,11-14H2,1-2H3,(H,24,29)(H,25,30)/t19-,21-,23?/m1/s1. The van der Waals surface area contributed by atoms with Gasteiger partial charge in [-0.05, 0) is 50.3 Å². The molecular weight excluding hydrogens is 396 g/mol. The van der Waals surface area contributed by atoms with Crippen molar-refractivity contribution in [1.29, 1.82) is 0 Å². The van der Waals surface area contributed by atoms with E-state index in [9.17, 15) is 14.7 Å². The van der Waals surface area contributed by atoms with E-state index in [1.807, 2.05) is 55.1 Å². The molecule has 1 aromatic heterocycles. The van der Waals surface area contributed by atoms with Gasteiger partial charge >= 0.3 is 0 Å². The largest absolute Gasteiger partial charge is 0.393 e. The fourth-order valence-corrected chi connectivity index (χ4v) is 4.44. The number of nitrogens with one attached hydrogen (secondary N) is 2. The van der Waals surface area contributed by atoms with Crippen molar-refractivity contribution >= 4 is 11.8 Å². The minimum Gasteiger partial charge on any atom is -0.393 e. The predicted octanol–water partition coefficient (Wildman–Crippen LogP) is 1.45. The van der Waals surface area contributed by atoms with Crippen molar-refractivity contribution in [1.82, 2.24) is 20.4 Å². The lowest BCUT2D eigenvalue weighted by molar-refractivity contribution is -0.147. The smallest absolute Gasteiger partial charge is 0.255 e. The monoisotopic (exact) mass is 426 g/mol. The fourth-order valence-electron chi connectivity index (χ4n) is 4.44. The Hall–Kier alpha value is -2.71. The molecule has 1 aliphatic carbocycles. The molecule has 1 fully saturated rings. The zero-order valence-corrected chi connectivity index (χ0v) is 18.0. The molecule has 2 aromatic rings. The van der Waals surface area contributed by atoms with Crippen molar-refractivity contribution in [3.63, 3.8) is 0 Å². The first-order valence-electron chi connectivity index (χ1n) is 10.9. The lowest BCUT2D eigenvalue weighted by atomic mass is 9.98. The van der Waals surface area contributed by atoms with E-state index in [1.54, 1.807) is 0 Å². The molecule has 0 radical (unpaired) electrons. The van der Waals surface area contributed by atoms with Gasteiger partial charge in [0.25, 0.3) is 5.91 Å². The van der Waals surface area contributed by atoms with Crippen LogP contribution in [0.5, 0.6) is 0 Å². The van der Waals surface area contributed by atoms with Crippen LogP contribution in [-0.4, -0.2) is 51.6 Å². The van der Waals surface area contributed by atoms with Gasteiger partial charge < -0.3 is 20.5 Å². The third-order valence-corrected chi connectivity index (χ3v) is 6.17. The van der Waals surface area contributed by atoms with E-state index < -0.39 is 5.60 Å². The van der Waals surface area contributed by atoms with E-state index in [0.29, 0.717) is 25.1 Å². The maximum atomic E-state index is 13.0. The second-order valence-corrected chi connectivity index (χ2v) is 8.69. The highest BCUT2D eigenvalue weighted by Gasteiger charge is 2.45. The summed E-state index contributed by atoms with van der Waals surface area (Å²) in [4.78, 5) is 25.8. The lowest BCUT2D eigenvalue weighted by Gasteiger charge is -2.29. The molecule has 3 atom stereocenters. The topological polar surface area (TPSA) is 105 Å². The summed E-state index contributed by atoms with van der Waals surface area (Å²) in [6, 6.07) is 9.29. The minimum absolute atomic E-state index is 0.139. The average molecular weight is 427 g/mol. The van der Waals surface area contributed by atoms with Gasteiger partial charge in [-0.15, -0.1) is 0 Å². The van der Waals surface area contributed by atoms with Crippen molar-refractivity contribution in [3.05, 3.63) is 53.3 Å². The number of fused-ring (bicyclic) bond motifs is 1. The Kier molecular flexibility index (Phi) is 6.11. The summed E-state index contributed by atoms with van der Waals surface area (Å²) >= 11 is 0. The van der Waals surface area contributed by atoms with E-state index in [0.717, 1.165) is 17.5 Å². The molecule has 1 aromatic carbocycles. The van der Waals surface area contributed by atoms with Crippen LogP contribution in [0.25, 0.3) is 0 Å². The Morgan fingerprint density at radius 2 is 2.10 bits per heavy atom. The highest BCUT2D eigenvalue weighted by molar-refractivity contribution is 5.86. The maximum absolute atomic E-state index is 13.0. The molecule has 0 spiro atoms. The molecule has 8 nitrogen and oxygen atoms in total. The van der Waals surface area contributed by atoms with Gasteiger partial charge in [0, 0.05) is 18.8 Å². The third kappa shape index (κ3) is 4.36. The van der Waals surface area contributed by atoms with Crippen molar-refractivity contribution in [2.75, 3.05) is 13.2 Å². The summed E-state index contributed by atoms with van der Waals surface area (Å²) in [6.07, 6.45) is 3.90. The van der Waals surface area contributed by atoms with Gasteiger partial charge in [0.2, 0.25) is 5.91 Å². The number of carbonyl (C=O) groups excluding carboxylic acids is 2. The van der Waals surface area contributed by atoms with Crippen molar-refractivity contribution in [2.24, 2.45) is 0 Å². The third-order valence-electron chi connectivity index (χ3n) is 6.17. The van der Waals surface area contributed by atoms with E-state index in [4.69, 9.17) is 4.74 Å². The molecule has 2 amide bonds. The zero-order valence-electron chi connectivity index (χ0n) is 18.0. The number of aliphatic hydroxyl groups excluding tert-OH is 1. The van der Waals surface area contributed by atoms with E-state index in [2.05, 4.69) is 15.7 Å². The van der Waals surface area contributed by atoms with Gasteiger partial charge in [-0.25, -0.2) is 0 Å². The maximum Gasteiger partial charge on any atom is 0.255 e. The Balaban J connectivity index is 1.48. The Morgan fingerprint density at radius 1 is 1.29 bits per heavy atom. The normalized spacial score (nSPS) is 24.9. The molecule has 1 saturated heterocycles. The first kappa shape index (κ1) is 21.5. The summed E-state index contributed by atoms with van der Waals surface area (Å²) in [5.74, 6) is -0.468. The van der Waals surface area contributed by atoms with Crippen LogP contribution in [0.4, 0.5) is 0 Å². The number of aliphatic hydroxyl groups is 1. The number of rotatable bonds is 7. The van der Waals surface area contributed by atoms with Crippen LogP contribution in [0, 0.1) is 0 Å². The molecule has 166 valence electrons. The predicted molar refractivity (Wildman–Crippen MR) is 114 cm³/mol. The summed E-state index contributed by atoms with van der Waals surface area (Å²) < 4.78 is 7.43. The van der Waals surface area contributed by atoms with Crippen LogP contribution in [0.15, 0.2) is 36.5 Å². The molecule has 2 aliphatic rings. The summed E-state index contributed by atoms with van der Waals surface area (Å²) in [5.41, 5.74) is 1.58. The highest BCUT2D eigenvalue weighted by atomic mass is 16.5. The first-order valence-corrected chi connectivity index (χ1v) is 10.9. The Morgan fingerprint density at radius 3 is 2.77 bits per heavy atom. The first-order chi connectivity index (χ1) is 14.9. The fraction of sp³-hybridized carbons (Fsp3) is 0.522. The number of nitrogens with zero attached hydrogens (tertiary/aromatic N) is 2. The summed E-state index contributed by atoms with van der Waals surface area (Å²) in [7, 11) is 0. The number of ether oxygens (including phenoxy) is 1. The summed E-state index contributed by atoms with van der Waals surface area (Å²) in [6.45, 7) is 4.17. The molecule has 1 aliphatic heterocycles. The van der Waals surface area contributed by atoms with Crippen LogP contribution in [0.3, 0.4) is 0 Å². The Bertz CT molecular complexity index is 949. The molecule has 31 heavy (non-hydrogen) atoms. The lowest BCUT2D eigenvalue weighted by Crippen LogP contribution is -2.53. The number of aromatic nitrogens is 2. The van der Waals surface area contributed by atoms with E-state index in [1.165, 1.54) is 0 Å². The van der Waals surface area contributed by atoms with Crippen molar-refractivity contribution < 1.29 is 19.4 Å². The number of amides is 2. The van der Waals surface area contributed by atoms with Crippen LogP contribution in [-0.2, 0) is 27.2 Å². The van der Waals surface area contributed by atoms with Gasteiger partial charge in [-0.2, -0.15) is 5.10 Å². The quantitative estimate of drug-likeness (QED) is 0.621. The van der Waals surface area contributed by atoms with Crippen molar-refractivity contribution in [3.8, 4) is 0 Å². The molecule has 1 unspecified atom stereocenters. The molecule has 4 rings (SSSR count). The van der Waals surface area contributed by atoms with Gasteiger partial charge in [0.15, 0.2) is 5.60 Å². The van der Waals surface area contributed by atoms with Crippen LogP contribution in [0.2, 0.25) is 0 Å². The number of hydrogen-bond donors (Lipinski definition) is 3. The summed E-state index contributed by atoms with van der Waals surface area (Å²) in [5, 5.41) is 20.4. The van der Waals surface area contributed by atoms with E-state index >= 15 is 0 Å². The second-order valence-electron chi connectivity index (χ2n) is 8.69. The molecular formula is C23H30N4O4. The minimum atomic E-state index is -1.20. The molecule has 3 N–H and O–H groups in total. The van der Waals surface area contributed by atoms with Gasteiger partial charge in [0.1, 0.15) is 0 Å². The molecule has 0 bridgehead atoms. The van der Waals surface area contributed by atoms with Gasteiger partial charge in [-0.3, -0.25) is 14.3 Å². The van der Waals surface area contributed by atoms with Gasteiger partial charge in [0.05, 0.1) is 30.8 Å². The second kappa shape index (κ2) is 8.80. The van der Waals surface area contributed by atoms with Crippen LogP contribution in [0.1, 0.15) is 55.6 Å². The molecule has 2 heterocycles. The number of carbonyl (C=O) groups is 2. The highest BCUT2D eigenvalue weighted by Crippen LogP contribution is 2.33. The van der Waals surface area contributed by atoms with Crippen molar-refractivity contribution in [2.45, 2.75) is 63.3 Å².